The fourth-order valence-corrected chi connectivity index (χ4v) is 5.68. The Morgan fingerprint density at radius 2 is 1.52 bits per heavy atom. The molecule has 3 rings (SSSR count). The van der Waals surface area contributed by atoms with Gasteiger partial charge in [0.1, 0.15) is 0 Å². The van der Waals surface area contributed by atoms with Gasteiger partial charge in [-0.1, -0.05) is 64.5 Å². The van der Waals surface area contributed by atoms with E-state index in [2.05, 4.69) is 13.0 Å². The van der Waals surface area contributed by atoms with Crippen molar-refractivity contribution in [1.29, 1.82) is 0 Å². The first-order chi connectivity index (χ1) is 15.1. The van der Waals surface area contributed by atoms with Gasteiger partial charge in [-0.3, -0.25) is 0 Å². The van der Waals surface area contributed by atoms with Crippen LogP contribution in [-0.2, 0) is 0 Å². The second-order valence-corrected chi connectivity index (χ2v) is 9.94. The number of rotatable bonds is 10. The Labute approximate surface area is 188 Å². The third kappa shape index (κ3) is 7.05. The number of allylic oxidation sites excluding steroid dienone is 1. The smallest absolute Gasteiger partial charge is 0.201 e. The van der Waals surface area contributed by atoms with Crippen molar-refractivity contribution in [1.82, 2.24) is 0 Å². The molecular weight excluding hydrogens is 390 g/mol. The second kappa shape index (κ2) is 12.6. The van der Waals surface area contributed by atoms with Crippen LogP contribution in [0.1, 0.15) is 103 Å². The van der Waals surface area contributed by atoms with Crippen molar-refractivity contribution in [3.8, 4) is 5.75 Å². The van der Waals surface area contributed by atoms with Gasteiger partial charge in [-0.05, 0) is 80.8 Å². The summed E-state index contributed by atoms with van der Waals surface area (Å²) in [7, 11) is 0. The van der Waals surface area contributed by atoms with Crippen molar-refractivity contribution < 1.29 is 13.5 Å². The van der Waals surface area contributed by atoms with Crippen LogP contribution in [0.4, 0.5) is 8.78 Å². The van der Waals surface area contributed by atoms with Gasteiger partial charge in [0, 0.05) is 5.56 Å². The summed E-state index contributed by atoms with van der Waals surface area (Å²) in [6.45, 7) is 4.63. The Kier molecular flexibility index (Phi) is 9.87. The normalized spacial score (nSPS) is 27.0. The van der Waals surface area contributed by atoms with Crippen LogP contribution in [0.5, 0.6) is 5.75 Å². The standard InChI is InChI=1S/C28H42F2O/c1-3-5-6-7-21-8-13-23(14-9-21)24-15-10-22(11-16-24)12-17-25-18-19-26(31-20-4-2)28(30)27(25)29/h12,17-19,21-24H,3-11,13-16,20H2,1-2H3. The van der Waals surface area contributed by atoms with Gasteiger partial charge in [-0.15, -0.1) is 0 Å². The van der Waals surface area contributed by atoms with E-state index in [1.54, 1.807) is 18.2 Å². The van der Waals surface area contributed by atoms with Gasteiger partial charge in [0.2, 0.25) is 5.82 Å². The highest BCUT2D eigenvalue weighted by atomic mass is 19.2. The summed E-state index contributed by atoms with van der Waals surface area (Å²) >= 11 is 0. The van der Waals surface area contributed by atoms with E-state index in [1.165, 1.54) is 77.0 Å². The first-order valence-electron chi connectivity index (χ1n) is 12.9. The fraction of sp³-hybridized carbons (Fsp3) is 0.714. The van der Waals surface area contributed by atoms with Crippen molar-refractivity contribution in [2.45, 2.75) is 97.3 Å². The summed E-state index contributed by atoms with van der Waals surface area (Å²) in [5.74, 6) is 1.62. The van der Waals surface area contributed by atoms with Gasteiger partial charge in [-0.2, -0.15) is 4.39 Å². The Bertz CT molecular complexity index is 682. The lowest BCUT2D eigenvalue weighted by atomic mass is 9.68. The highest BCUT2D eigenvalue weighted by Crippen LogP contribution is 2.42. The molecule has 2 saturated carbocycles. The molecule has 0 unspecified atom stereocenters. The summed E-state index contributed by atoms with van der Waals surface area (Å²) in [5, 5.41) is 0. The Morgan fingerprint density at radius 1 is 0.839 bits per heavy atom. The average molecular weight is 433 g/mol. The van der Waals surface area contributed by atoms with Gasteiger partial charge in [0.25, 0.3) is 0 Å². The van der Waals surface area contributed by atoms with Crippen molar-refractivity contribution in [3.05, 3.63) is 35.4 Å². The molecule has 0 saturated heterocycles. The zero-order valence-electron chi connectivity index (χ0n) is 19.7. The molecule has 2 aliphatic rings. The van der Waals surface area contributed by atoms with Crippen LogP contribution in [0.2, 0.25) is 0 Å². The minimum absolute atomic E-state index is 0.0112. The first-order valence-corrected chi connectivity index (χ1v) is 12.9. The monoisotopic (exact) mass is 432 g/mol. The molecule has 1 aromatic rings. The molecule has 3 heteroatoms. The van der Waals surface area contributed by atoms with E-state index in [1.807, 2.05) is 6.92 Å². The topological polar surface area (TPSA) is 9.23 Å². The molecule has 0 bridgehead atoms. The molecule has 0 N–H and O–H groups in total. The van der Waals surface area contributed by atoms with Crippen LogP contribution in [0, 0.1) is 35.3 Å². The number of benzene rings is 1. The summed E-state index contributed by atoms with van der Waals surface area (Å²) in [6, 6.07) is 3.17. The molecule has 0 aliphatic heterocycles. The highest BCUT2D eigenvalue weighted by Gasteiger charge is 2.30. The first kappa shape index (κ1) is 24.3. The number of hydrogen-bond acceptors (Lipinski definition) is 1. The van der Waals surface area contributed by atoms with E-state index in [4.69, 9.17) is 4.74 Å². The number of halogens is 2. The third-order valence-corrected chi connectivity index (χ3v) is 7.68. The molecular formula is C28H42F2O. The van der Waals surface area contributed by atoms with Crippen LogP contribution in [0.3, 0.4) is 0 Å². The summed E-state index contributed by atoms with van der Waals surface area (Å²) in [6.07, 6.45) is 20.9. The van der Waals surface area contributed by atoms with E-state index in [-0.39, 0.29) is 5.75 Å². The molecule has 0 atom stereocenters. The van der Waals surface area contributed by atoms with Crippen LogP contribution >= 0.6 is 0 Å². The van der Waals surface area contributed by atoms with Crippen molar-refractivity contribution in [2.75, 3.05) is 6.61 Å². The molecule has 2 fully saturated rings. The Balaban J connectivity index is 1.43. The molecule has 174 valence electrons. The van der Waals surface area contributed by atoms with Gasteiger partial charge < -0.3 is 4.74 Å². The van der Waals surface area contributed by atoms with Gasteiger partial charge in [-0.25, -0.2) is 4.39 Å². The van der Waals surface area contributed by atoms with E-state index in [0.29, 0.717) is 18.1 Å². The predicted molar refractivity (Wildman–Crippen MR) is 126 cm³/mol. The van der Waals surface area contributed by atoms with Gasteiger partial charge >= 0.3 is 0 Å². The van der Waals surface area contributed by atoms with E-state index >= 15 is 0 Å². The zero-order chi connectivity index (χ0) is 22.1. The van der Waals surface area contributed by atoms with Crippen molar-refractivity contribution in [2.24, 2.45) is 23.7 Å². The summed E-state index contributed by atoms with van der Waals surface area (Å²) < 4.78 is 33.8. The number of ether oxygens (including phenoxy) is 1. The molecule has 0 spiro atoms. The molecule has 0 amide bonds. The van der Waals surface area contributed by atoms with Crippen LogP contribution < -0.4 is 4.74 Å². The largest absolute Gasteiger partial charge is 0.490 e. The SMILES string of the molecule is CCCCCC1CCC(C2CCC(C=Cc3ccc(OCCC)c(F)c3F)CC2)CC1. The maximum absolute atomic E-state index is 14.4. The van der Waals surface area contributed by atoms with Gasteiger partial charge in [0.15, 0.2) is 11.6 Å². The molecule has 1 aromatic carbocycles. The van der Waals surface area contributed by atoms with Crippen LogP contribution in [-0.4, -0.2) is 6.61 Å². The molecule has 31 heavy (non-hydrogen) atoms. The Hall–Kier alpha value is -1.38. The molecule has 2 aliphatic carbocycles. The lowest BCUT2D eigenvalue weighted by molar-refractivity contribution is 0.151. The lowest BCUT2D eigenvalue weighted by Crippen LogP contribution is -2.25. The zero-order valence-corrected chi connectivity index (χ0v) is 19.7. The van der Waals surface area contributed by atoms with Crippen LogP contribution in [0.15, 0.2) is 18.2 Å². The minimum atomic E-state index is -0.871. The maximum atomic E-state index is 14.4. The Morgan fingerprint density at radius 3 is 2.16 bits per heavy atom. The highest BCUT2D eigenvalue weighted by molar-refractivity contribution is 5.52. The van der Waals surface area contributed by atoms with Crippen molar-refractivity contribution in [3.63, 3.8) is 0 Å². The number of hydrogen-bond donors (Lipinski definition) is 0. The molecule has 0 aromatic heterocycles. The van der Waals surface area contributed by atoms with Gasteiger partial charge in [0.05, 0.1) is 6.61 Å². The molecule has 0 radical (unpaired) electrons. The van der Waals surface area contributed by atoms with Crippen molar-refractivity contribution >= 4 is 6.08 Å². The minimum Gasteiger partial charge on any atom is -0.490 e. The van der Waals surface area contributed by atoms with Crippen LogP contribution in [0.25, 0.3) is 6.08 Å². The fourth-order valence-electron chi connectivity index (χ4n) is 5.68. The quantitative estimate of drug-likeness (QED) is 0.335. The van der Waals surface area contributed by atoms with E-state index in [0.717, 1.165) is 24.2 Å². The average Bonchev–Trinajstić information content (AvgIpc) is 2.80. The predicted octanol–water partition coefficient (Wildman–Crippen LogP) is 8.96. The third-order valence-electron chi connectivity index (χ3n) is 7.68. The van der Waals surface area contributed by atoms with E-state index < -0.39 is 11.6 Å². The summed E-state index contributed by atoms with van der Waals surface area (Å²) in [4.78, 5) is 0. The second-order valence-electron chi connectivity index (χ2n) is 9.94. The maximum Gasteiger partial charge on any atom is 0.201 e. The van der Waals surface area contributed by atoms with E-state index in [9.17, 15) is 8.78 Å². The number of unbranched alkanes of at least 4 members (excludes halogenated alkanes) is 2. The molecule has 0 heterocycles. The molecule has 1 nitrogen and oxygen atoms in total. The lowest BCUT2D eigenvalue weighted by Gasteiger charge is -2.37. The summed E-state index contributed by atoms with van der Waals surface area (Å²) in [5.41, 5.74) is 0.324.